The van der Waals surface area contributed by atoms with E-state index in [1.54, 1.807) is 7.11 Å². The van der Waals surface area contributed by atoms with Gasteiger partial charge in [-0.2, -0.15) is 0 Å². The Balaban J connectivity index is 2.52. The maximum absolute atomic E-state index is 9.23. The van der Waals surface area contributed by atoms with Crippen molar-refractivity contribution in [2.75, 3.05) is 27.3 Å². The molecule has 0 amide bonds. The molecule has 0 radical (unpaired) electrons. The fraction of sp³-hybridized carbons (Fsp3) is 0.571. The quantitative estimate of drug-likeness (QED) is 0.823. The van der Waals surface area contributed by atoms with Gasteiger partial charge in [-0.1, -0.05) is 26.0 Å². The van der Waals surface area contributed by atoms with Gasteiger partial charge >= 0.3 is 0 Å². The molecule has 0 saturated carbocycles. The molecule has 0 aliphatic carbocycles. The molecule has 1 aromatic rings. The minimum absolute atomic E-state index is 0.0543. The Morgan fingerprint density at radius 1 is 1.24 bits per heavy atom. The first-order valence-corrected chi connectivity index (χ1v) is 5.89. The molecule has 96 valence electrons. The third-order valence-electron chi connectivity index (χ3n) is 2.74. The topological polar surface area (TPSA) is 32.7 Å². The van der Waals surface area contributed by atoms with E-state index in [4.69, 9.17) is 4.74 Å². The monoisotopic (exact) mass is 237 g/mol. The molecule has 3 nitrogen and oxygen atoms in total. The lowest BCUT2D eigenvalue weighted by Gasteiger charge is -2.28. The summed E-state index contributed by atoms with van der Waals surface area (Å²) in [5, 5.41) is 9.23. The van der Waals surface area contributed by atoms with Crippen LogP contribution >= 0.6 is 0 Å². The first kappa shape index (κ1) is 14.0. The van der Waals surface area contributed by atoms with Gasteiger partial charge in [-0.25, -0.2) is 0 Å². The molecule has 0 aromatic heterocycles. The van der Waals surface area contributed by atoms with E-state index in [0.717, 1.165) is 18.8 Å². The van der Waals surface area contributed by atoms with Crippen LogP contribution in [0.25, 0.3) is 0 Å². The molecular formula is C14H23NO2. The fourth-order valence-corrected chi connectivity index (χ4v) is 1.88. The van der Waals surface area contributed by atoms with Gasteiger partial charge in [-0.05, 0) is 24.7 Å². The number of hydrogen-bond acceptors (Lipinski definition) is 3. The highest BCUT2D eigenvalue weighted by Crippen LogP contribution is 2.17. The van der Waals surface area contributed by atoms with E-state index in [0.29, 0.717) is 0 Å². The fourth-order valence-electron chi connectivity index (χ4n) is 1.88. The number of benzene rings is 1. The number of aliphatic hydroxyl groups excluding tert-OH is 1. The van der Waals surface area contributed by atoms with Gasteiger partial charge in [0.25, 0.3) is 0 Å². The Labute approximate surface area is 104 Å². The van der Waals surface area contributed by atoms with Crippen LogP contribution in [0.15, 0.2) is 24.3 Å². The SMILES string of the molecule is COc1ccc(CN(C)CC(C)(C)CO)cc1. The summed E-state index contributed by atoms with van der Waals surface area (Å²) in [4.78, 5) is 2.22. The molecule has 0 saturated heterocycles. The van der Waals surface area contributed by atoms with Gasteiger partial charge < -0.3 is 14.7 Å². The van der Waals surface area contributed by atoms with E-state index < -0.39 is 0 Å². The second kappa shape index (κ2) is 6.03. The van der Waals surface area contributed by atoms with Gasteiger partial charge in [0, 0.05) is 25.1 Å². The molecule has 1 N–H and O–H groups in total. The zero-order chi connectivity index (χ0) is 12.9. The molecular weight excluding hydrogens is 214 g/mol. The highest BCUT2D eigenvalue weighted by Gasteiger charge is 2.18. The maximum atomic E-state index is 9.23. The van der Waals surface area contributed by atoms with Gasteiger partial charge in [0.1, 0.15) is 5.75 Å². The van der Waals surface area contributed by atoms with Crippen molar-refractivity contribution in [1.82, 2.24) is 4.90 Å². The standard InChI is InChI=1S/C14H23NO2/c1-14(2,11-16)10-15(3)9-12-5-7-13(17-4)8-6-12/h5-8,16H,9-11H2,1-4H3. The zero-order valence-electron chi connectivity index (χ0n) is 11.2. The normalized spacial score (nSPS) is 11.9. The highest BCUT2D eigenvalue weighted by atomic mass is 16.5. The number of rotatable bonds is 6. The first-order valence-electron chi connectivity index (χ1n) is 5.89. The summed E-state index contributed by atoms with van der Waals surface area (Å²) in [6.45, 7) is 6.10. The Hall–Kier alpha value is -1.06. The van der Waals surface area contributed by atoms with Crippen molar-refractivity contribution in [1.29, 1.82) is 0 Å². The van der Waals surface area contributed by atoms with Crippen molar-refractivity contribution in [2.24, 2.45) is 5.41 Å². The van der Waals surface area contributed by atoms with E-state index in [2.05, 4.69) is 37.9 Å². The molecule has 0 aliphatic rings. The molecule has 3 heteroatoms. The lowest BCUT2D eigenvalue weighted by molar-refractivity contribution is 0.112. The van der Waals surface area contributed by atoms with Crippen LogP contribution in [0, 0.1) is 5.41 Å². The van der Waals surface area contributed by atoms with E-state index in [-0.39, 0.29) is 12.0 Å². The number of ether oxygens (including phenoxy) is 1. The summed E-state index contributed by atoms with van der Waals surface area (Å²) in [7, 11) is 3.74. The number of hydrogen-bond donors (Lipinski definition) is 1. The molecule has 0 aliphatic heterocycles. The van der Waals surface area contributed by atoms with Crippen molar-refractivity contribution in [3.05, 3.63) is 29.8 Å². The van der Waals surface area contributed by atoms with Gasteiger partial charge in [0.05, 0.1) is 7.11 Å². The summed E-state index contributed by atoms with van der Waals surface area (Å²) in [6, 6.07) is 8.09. The van der Waals surface area contributed by atoms with Crippen LogP contribution in [0.2, 0.25) is 0 Å². The van der Waals surface area contributed by atoms with Gasteiger partial charge in [0.15, 0.2) is 0 Å². The molecule has 0 spiro atoms. The molecule has 0 unspecified atom stereocenters. The minimum atomic E-state index is -0.0543. The predicted octanol–water partition coefficient (Wildman–Crippen LogP) is 2.15. The maximum Gasteiger partial charge on any atom is 0.118 e. The number of aliphatic hydroxyl groups is 1. The average molecular weight is 237 g/mol. The summed E-state index contributed by atoms with van der Waals surface area (Å²) in [6.07, 6.45) is 0. The lowest BCUT2D eigenvalue weighted by Crippen LogP contribution is -2.33. The van der Waals surface area contributed by atoms with Crippen LogP contribution in [0.1, 0.15) is 19.4 Å². The Morgan fingerprint density at radius 2 is 1.82 bits per heavy atom. The van der Waals surface area contributed by atoms with Crippen molar-refractivity contribution >= 4 is 0 Å². The van der Waals surface area contributed by atoms with Crippen molar-refractivity contribution in [3.63, 3.8) is 0 Å². The Morgan fingerprint density at radius 3 is 2.29 bits per heavy atom. The van der Waals surface area contributed by atoms with E-state index in [1.807, 2.05) is 12.1 Å². The van der Waals surface area contributed by atoms with Crippen LogP contribution in [0.5, 0.6) is 5.75 Å². The molecule has 0 bridgehead atoms. The van der Waals surface area contributed by atoms with Crippen LogP contribution in [-0.2, 0) is 6.54 Å². The molecule has 0 atom stereocenters. The summed E-state index contributed by atoms with van der Waals surface area (Å²) >= 11 is 0. The molecule has 17 heavy (non-hydrogen) atoms. The van der Waals surface area contributed by atoms with Crippen LogP contribution in [-0.4, -0.2) is 37.3 Å². The van der Waals surface area contributed by atoms with Gasteiger partial charge in [-0.15, -0.1) is 0 Å². The van der Waals surface area contributed by atoms with Crippen molar-refractivity contribution in [2.45, 2.75) is 20.4 Å². The van der Waals surface area contributed by atoms with E-state index >= 15 is 0 Å². The van der Waals surface area contributed by atoms with Crippen molar-refractivity contribution < 1.29 is 9.84 Å². The summed E-state index contributed by atoms with van der Waals surface area (Å²) in [5.41, 5.74) is 1.20. The summed E-state index contributed by atoms with van der Waals surface area (Å²) < 4.78 is 5.13. The van der Waals surface area contributed by atoms with E-state index in [1.165, 1.54) is 5.56 Å². The first-order chi connectivity index (χ1) is 7.96. The van der Waals surface area contributed by atoms with Gasteiger partial charge in [0.2, 0.25) is 0 Å². The Kier molecular flexibility index (Phi) is 4.97. The minimum Gasteiger partial charge on any atom is -0.497 e. The predicted molar refractivity (Wildman–Crippen MR) is 70.2 cm³/mol. The zero-order valence-corrected chi connectivity index (χ0v) is 11.2. The third kappa shape index (κ3) is 4.75. The van der Waals surface area contributed by atoms with E-state index in [9.17, 15) is 5.11 Å². The molecule has 1 aromatic carbocycles. The van der Waals surface area contributed by atoms with Gasteiger partial charge in [-0.3, -0.25) is 0 Å². The molecule has 0 fully saturated rings. The second-order valence-corrected chi connectivity index (χ2v) is 5.34. The summed E-state index contributed by atoms with van der Waals surface area (Å²) in [5.74, 6) is 0.882. The number of methoxy groups -OCH3 is 1. The Bertz CT molecular complexity index is 333. The highest BCUT2D eigenvalue weighted by molar-refractivity contribution is 5.27. The molecule has 0 heterocycles. The van der Waals surface area contributed by atoms with Crippen LogP contribution in [0.4, 0.5) is 0 Å². The van der Waals surface area contributed by atoms with Crippen LogP contribution < -0.4 is 4.74 Å². The number of nitrogens with zero attached hydrogens (tertiary/aromatic N) is 1. The average Bonchev–Trinajstić information content (AvgIpc) is 2.29. The smallest absolute Gasteiger partial charge is 0.118 e. The van der Waals surface area contributed by atoms with Crippen molar-refractivity contribution in [3.8, 4) is 5.75 Å². The molecule has 1 rings (SSSR count). The third-order valence-corrected chi connectivity index (χ3v) is 2.74. The van der Waals surface area contributed by atoms with Crippen LogP contribution in [0.3, 0.4) is 0 Å². The lowest BCUT2D eigenvalue weighted by atomic mass is 9.94. The second-order valence-electron chi connectivity index (χ2n) is 5.34. The largest absolute Gasteiger partial charge is 0.497 e.